The lowest BCUT2D eigenvalue weighted by Crippen LogP contribution is -2.34. The molecule has 0 amide bonds. The molecule has 2 rings (SSSR count). The first-order valence-corrected chi connectivity index (χ1v) is 9.06. The first-order valence-electron chi connectivity index (χ1n) is 6.74. The quantitative estimate of drug-likeness (QED) is 0.841. The lowest BCUT2D eigenvalue weighted by Gasteiger charge is -2.22. The Balaban J connectivity index is 2.07. The van der Waals surface area contributed by atoms with Crippen LogP contribution < -0.4 is 5.32 Å². The maximum absolute atomic E-state index is 12.4. The highest BCUT2D eigenvalue weighted by Gasteiger charge is 2.26. The van der Waals surface area contributed by atoms with E-state index in [4.69, 9.17) is 0 Å². The van der Waals surface area contributed by atoms with Crippen molar-refractivity contribution in [3.8, 4) is 0 Å². The van der Waals surface area contributed by atoms with Gasteiger partial charge in [-0.15, -0.1) is 11.3 Å². The maximum atomic E-state index is 12.4. The Labute approximate surface area is 119 Å². The summed E-state index contributed by atoms with van der Waals surface area (Å²) in [7, 11) is -1.67. The Bertz CT molecular complexity index is 521. The van der Waals surface area contributed by atoms with Crippen molar-refractivity contribution < 1.29 is 8.42 Å². The van der Waals surface area contributed by atoms with Crippen LogP contribution in [0.1, 0.15) is 38.7 Å². The minimum Gasteiger partial charge on any atom is -0.310 e. The Morgan fingerprint density at radius 2 is 2.21 bits per heavy atom. The highest BCUT2D eigenvalue weighted by molar-refractivity contribution is 7.91. The molecule has 0 aliphatic heterocycles. The molecule has 1 aliphatic rings. The van der Waals surface area contributed by atoms with Crippen LogP contribution in [0.2, 0.25) is 0 Å². The molecule has 6 heteroatoms. The summed E-state index contributed by atoms with van der Waals surface area (Å²) in [6.07, 6.45) is 3.30. The van der Waals surface area contributed by atoms with E-state index >= 15 is 0 Å². The minimum atomic E-state index is -3.33. The molecule has 0 radical (unpaired) electrons. The number of nitrogens with zero attached hydrogens (tertiary/aromatic N) is 1. The van der Waals surface area contributed by atoms with Gasteiger partial charge < -0.3 is 5.32 Å². The Morgan fingerprint density at radius 1 is 1.53 bits per heavy atom. The molecular weight excluding hydrogens is 280 g/mol. The van der Waals surface area contributed by atoms with Crippen LogP contribution in [-0.2, 0) is 16.6 Å². The molecule has 1 aromatic rings. The molecule has 1 unspecified atom stereocenters. The number of hydrogen-bond donors (Lipinski definition) is 1. The van der Waals surface area contributed by atoms with Crippen LogP contribution in [0.15, 0.2) is 15.7 Å². The summed E-state index contributed by atoms with van der Waals surface area (Å²) >= 11 is 1.32. The number of rotatable bonds is 7. The second kappa shape index (κ2) is 5.91. The highest BCUT2D eigenvalue weighted by atomic mass is 32.2. The van der Waals surface area contributed by atoms with E-state index in [0.29, 0.717) is 10.3 Å². The highest BCUT2D eigenvalue weighted by Crippen LogP contribution is 2.26. The van der Waals surface area contributed by atoms with Crippen molar-refractivity contribution in [3.63, 3.8) is 0 Å². The van der Waals surface area contributed by atoms with Crippen LogP contribution in [0.3, 0.4) is 0 Å². The Morgan fingerprint density at radius 3 is 2.79 bits per heavy atom. The van der Waals surface area contributed by atoms with E-state index in [1.54, 1.807) is 13.1 Å². The van der Waals surface area contributed by atoms with Crippen molar-refractivity contribution in [1.82, 2.24) is 9.62 Å². The average Bonchev–Trinajstić information content (AvgIpc) is 3.10. The Hall–Kier alpha value is -0.430. The van der Waals surface area contributed by atoms with Gasteiger partial charge in [-0.2, -0.15) is 4.31 Å². The fraction of sp³-hybridized carbons (Fsp3) is 0.692. The zero-order chi connectivity index (χ0) is 14.0. The molecule has 4 nitrogen and oxygen atoms in total. The van der Waals surface area contributed by atoms with Crippen molar-refractivity contribution >= 4 is 21.4 Å². The summed E-state index contributed by atoms with van der Waals surface area (Å²) in [5.41, 5.74) is 1.06. The van der Waals surface area contributed by atoms with Crippen molar-refractivity contribution in [2.24, 2.45) is 0 Å². The smallest absolute Gasteiger partial charge is 0.252 e. The molecule has 1 atom stereocenters. The fourth-order valence-electron chi connectivity index (χ4n) is 1.77. The largest absolute Gasteiger partial charge is 0.310 e. The van der Waals surface area contributed by atoms with Gasteiger partial charge in [0, 0.05) is 25.7 Å². The van der Waals surface area contributed by atoms with Crippen LogP contribution >= 0.6 is 11.3 Å². The van der Waals surface area contributed by atoms with Gasteiger partial charge in [-0.1, -0.05) is 6.92 Å². The topological polar surface area (TPSA) is 49.4 Å². The second-order valence-electron chi connectivity index (χ2n) is 5.21. The normalized spacial score (nSPS) is 17.9. The fourth-order valence-corrected chi connectivity index (χ4v) is 4.60. The molecule has 108 valence electrons. The molecule has 1 heterocycles. The molecular formula is C13H22N2O2S2. The third-order valence-electron chi connectivity index (χ3n) is 3.65. The number of thiophene rings is 1. The molecule has 1 aromatic heterocycles. The molecule has 19 heavy (non-hydrogen) atoms. The van der Waals surface area contributed by atoms with Crippen molar-refractivity contribution in [1.29, 1.82) is 0 Å². The molecule has 0 spiro atoms. The summed E-state index contributed by atoms with van der Waals surface area (Å²) in [6.45, 7) is 4.69. The monoisotopic (exact) mass is 302 g/mol. The zero-order valence-corrected chi connectivity index (χ0v) is 13.4. The van der Waals surface area contributed by atoms with Crippen LogP contribution in [-0.4, -0.2) is 31.9 Å². The third-order valence-corrected chi connectivity index (χ3v) is 7.08. The first kappa shape index (κ1) is 15.0. The summed E-state index contributed by atoms with van der Waals surface area (Å²) in [5.74, 6) is 0. The molecule has 1 saturated carbocycles. The van der Waals surface area contributed by atoms with E-state index in [1.165, 1.54) is 28.5 Å². The van der Waals surface area contributed by atoms with E-state index < -0.39 is 10.0 Å². The number of hydrogen-bond acceptors (Lipinski definition) is 4. The average molecular weight is 302 g/mol. The zero-order valence-electron chi connectivity index (χ0n) is 11.7. The van der Waals surface area contributed by atoms with Crippen molar-refractivity contribution in [2.45, 2.75) is 55.9 Å². The number of nitrogens with one attached hydrogen (secondary N) is 1. The van der Waals surface area contributed by atoms with Crippen LogP contribution in [0, 0.1) is 0 Å². The van der Waals surface area contributed by atoms with Crippen molar-refractivity contribution in [2.75, 3.05) is 7.05 Å². The SMILES string of the molecule is CCC(C)N(C)S(=O)(=O)c1cc(CNC2CC2)cs1. The van der Waals surface area contributed by atoms with Gasteiger partial charge in [-0.05, 0) is 43.2 Å². The predicted molar refractivity (Wildman–Crippen MR) is 78.9 cm³/mol. The molecule has 0 aromatic carbocycles. The summed E-state index contributed by atoms with van der Waals surface area (Å²) in [4.78, 5) is 0. The molecule has 1 aliphatic carbocycles. The van der Waals surface area contributed by atoms with Gasteiger partial charge in [0.1, 0.15) is 4.21 Å². The van der Waals surface area contributed by atoms with Crippen molar-refractivity contribution in [3.05, 3.63) is 17.0 Å². The predicted octanol–water partition coefficient (Wildman–Crippen LogP) is 2.42. The standard InChI is InChI=1S/C13H22N2O2S2/c1-4-10(2)15(3)19(16,17)13-7-11(9-18-13)8-14-12-5-6-12/h7,9-10,12,14H,4-6,8H2,1-3H3. The van der Waals surface area contributed by atoms with Gasteiger partial charge in [0.05, 0.1) is 0 Å². The third kappa shape index (κ3) is 3.56. The van der Waals surface area contributed by atoms with Gasteiger partial charge in [0.25, 0.3) is 10.0 Å². The van der Waals surface area contributed by atoms with Gasteiger partial charge in [-0.25, -0.2) is 8.42 Å². The molecule has 0 bridgehead atoms. The lowest BCUT2D eigenvalue weighted by molar-refractivity contribution is 0.381. The lowest BCUT2D eigenvalue weighted by atomic mass is 10.3. The Kier molecular flexibility index (Phi) is 4.66. The van der Waals surface area contributed by atoms with Crippen LogP contribution in [0.5, 0.6) is 0 Å². The van der Waals surface area contributed by atoms with Gasteiger partial charge in [0.15, 0.2) is 0 Å². The van der Waals surface area contributed by atoms with E-state index in [1.807, 2.05) is 19.2 Å². The second-order valence-corrected chi connectivity index (χ2v) is 8.34. The van der Waals surface area contributed by atoms with Gasteiger partial charge in [-0.3, -0.25) is 0 Å². The van der Waals surface area contributed by atoms with E-state index in [0.717, 1.165) is 18.5 Å². The van der Waals surface area contributed by atoms with Crippen LogP contribution in [0.4, 0.5) is 0 Å². The molecule has 1 fully saturated rings. The van der Waals surface area contributed by atoms with Gasteiger partial charge in [0.2, 0.25) is 0 Å². The van der Waals surface area contributed by atoms with E-state index in [2.05, 4.69) is 5.32 Å². The summed E-state index contributed by atoms with van der Waals surface area (Å²) < 4.78 is 26.7. The van der Waals surface area contributed by atoms with Crippen LogP contribution in [0.25, 0.3) is 0 Å². The molecule has 0 saturated heterocycles. The maximum Gasteiger partial charge on any atom is 0.252 e. The molecule has 1 N–H and O–H groups in total. The van der Waals surface area contributed by atoms with E-state index in [9.17, 15) is 8.42 Å². The number of sulfonamides is 1. The summed E-state index contributed by atoms with van der Waals surface area (Å²) in [6, 6.07) is 2.47. The van der Waals surface area contributed by atoms with Gasteiger partial charge >= 0.3 is 0 Å². The summed E-state index contributed by atoms with van der Waals surface area (Å²) in [5, 5.41) is 5.34. The minimum absolute atomic E-state index is 0.0279. The first-order chi connectivity index (χ1) is 8.95. The van der Waals surface area contributed by atoms with E-state index in [-0.39, 0.29) is 6.04 Å².